The maximum Gasteiger partial charge on any atom is 0.163 e. The number of methoxy groups -OCH3 is 1. The van der Waals surface area contributed by atoms with Crippen molar-refractivity contribution in [3.63, 3.8) is 0 Å². The Labute approximate surface area is 108 Å². The van der Waals surface area contributed by atoms with Crippen LogP contribution in [0.25, 0.3) is 0 Å². The molecule has 1 saturated heterocycles. The van der Waals surface area contributed by atoms with Crippen LogP contribution >= 0.6 is 0 Å². The van der Waals surface area contributed by atoms with Crippen LogP contribution in [0.3, 0.4) is 0 Å². The zero-order valence-electron chi connectivity index (χ0n) is 10.9. The summed E-state index contributed by atoms with van der Waals surface area (Å²) in [5.74, 6) is 1.64. The summed E-state index contributed by atoms with van der Waals surface area (Å²) in [6.07, 6.45) is 2.95. The molecule has 1 fully saturated rings. The summed E-state index contributed by atoms with van der Waals surface area (Å²) in [4.78, 5) is 0. The first kappa shape index (κ1) is 13.2. The highest BCUT2D eigenvalue weighted by Gasteiger charge is 2.19. The highest BCUT2D eigenvalue weighted by atomic mass is 16.6. The van der Waals surface area contributed by atoms with Gasteiger partial charge < -0.3 is 19.9 Å². The highest BCUT2D eigenvalue weighted by molar-refractivity contribution is 5.46. The van der Waals surface area contributed by atoms with Gasteiger partial charge in [0.1, 0.15) is 6.10 Å². The van der Waals surface area contributed by atoms with E-state index in [1.54, 1.807) is 7.11 Å². The van der Waals surface area contributed by atoms with Gasteiger partial charge in [0.15, 0.2) is 11.5 Å². The van der Waals surface area contributed by atoms with Crippen LogP contribution in [0.1, 0.15) is 18.4 Å². The molecule has 0 spiro atoms. The fourth-order valence-electron chi connectivity index (χ4n) is 2.16. The average molecular weight is 251 g/mol. The summed E-state index contributed by atoms with van der Waals surface area (Å²) in [6, 6.07) is 6.01. The van der Waals surface area contributed by atoms with Crippen LogP contribution in [-0.4, -0.2) is 33.0 Å². The molecule has 1 heterocycles. The lowest BCUT2D eigenvalue weighted by atomic mass is 10.1. The third-order valence-corrected chi connectivity index (χ3v) is 3.10. The van der Waals surface area contributed by atoms with Crippen molar-refractivity contribution in [2.75, 3.05) is 26.9 Å². The fourth-order valence-corrected chi connectivity index (χ4v) is 2.16. The maximum atomic E-state index is 5.94. The molecule has 1 aromatic carbocycles. The van der Waals surface area contributed by atoms with E-state index < -0.39 is 0 Å². The molecule has 4 nitrogen and oxygen atoms in total. The number of hydrogen-bond acceptors (Lipinski definition) is 4. The van der Waals surface area contributed by atoms with Crippen molar-refractivity contribution in [2.45, 2.75) is 25.4 Å². The van der Waals surface area contributed by atoms with Crippen molar-refractivity contribution in [3.8, 4) is 11.5 Å². The van der Waals surface area contributed by atoms with E-state index in [0.29, 0.717) is 13.2 Å². The van der Waals surface area contributed by atoms with Gasteiger partial charge in [-0.05, 0) is 31.0 Å². The Balaban J connectivity index is 2.12. The molecule has 2 N–H and O–H groups in total. The molecule has 0 bridgehead atoms. The third-order valence-electron chi connectivity index (χ3n) is 3.10. The molecule has 2 rings (SSSR count). The summed E-state index contributed by atoms with van der Waals surface area (Å²) in [5.41, 5.74) is 6.70. The van der Waals surface area contributed by atoms with E-state index in [1.165, 1.54) is 0 Å². The van der Waals surface area contributed by atoms with Gasteiger partial charge in [-0.15, -0.1) is 0 Å². The fraction of sp³-hybridized carbons (Fsp3) is 0.571. The van der Waals surface area contributed by atoms with Gasteiger partial charge in [-0.2, -0.15) is 0 Å². The summed E-state index contributed by atoms with van der Waals surface area (Å²) in [7, 11) is 1.68. The predicted octanol–water partition coefficient (Wildman–Crippen LogP) is 1.75. The summed E-state index contributed by atoms with van der Waals surface area (Å²) >= 11 is 0. The molecule has 1 aliphatic heterocycles. The highest BCUT2D eigenvalue weighted by Crippen LogP contribution is 2.33. The van der Waals surface area contributed by atoms with Crippen molar-refractivity contribution in [1.82, 2.24) is 0 Å². The molecule has 0 aromatic heterocycles. The minimum atomic E-state index is 0.142. The predicted molar refractivity (Wildman–Crippen MR) is 70.2 cm³/mol. The van der Waals surface area contributed by atoms with E-state index in [-0.39, 0.29) is 6.10 Å². The van der Waals surface area contributed by atoms with E-state index in [0.717, 1.165) is 42.9 Å². The molecule has 0 aliphatic carbocycles. The molecule has 0 saturated carbocycles. The van der Waals surface area contributed by atoms with Gasteiger partial charge in [-0.25, -0.2) is 0 Å². The summed E-state index contributed by atoms with van der Waals surface area (Å²) in [5, 5.41) is 0. The minimum absolute atomic E-state index is 0.142. The Hall–Kier alpha value is -1.26. The zero-order chi connectivity index (χ0) is 12.8. The lowest BCUT2D eigenvalue weighted by molar-refractivity contribution is 0.138. The second-order valence-corrected chi connectivity index (χ2v) is 4.44. The Morgan fingerprint density at radius 3 is 3.00 bits per heavy atom. The van der Waals surface area contributed by atoms with Crippen molar-refractivity contribution in [3.05, 3.63) is 23.8 Å². The maximum absolute atomic E-state index is 5.94. The van der Waals surface area contributed by atoms with E-state index in [1.807, 2.05) is 12.1 Å². The zero-order valence-corrected chi connectivity index (χ0v) is 10.9. The van der Waals surface area contributed by atoms with E-state index in [4.69, 9.17) is 19.9 Å². The number of benzene rings is 1. The SMILES string of the molecule is COc1c(CCCN)cccc1OC1CCOC1. The molecule has 0 radical (unpaired) electrons. The van der Waals surface area contributed by atoms with Crippen molar-refractivity contribution in [2.24, 2.45) is 5.73 Å². The molecule has 18 heavy (non-hydrogen) atoms. The number of ether oxygens (including phenoxy) is 3. The van der Waals surface area contributed by atoms with Gasteiger partial charge in [0.05, 0.1) is 20.3 Å². The van der Waals surface area contributed by atoms with Crippen molar-refractivity contribution >= 4 is 0 Å². The third kappa shape index (κ3) is 3.15. The number of nitrogens with two attached hydrogens (primary N) is 1. The first-order valence-electron chi connectivity index (χ1n) is 6.45. The minimum Gasteiger partial charge on any atom is -0.493 e. The van der Waals surface area contributed by atoms with Crippen LogP contribution in [0.15, 0.2) is 18.2 Å². The molecule has 1 aliphatic rings. The van der Waals surface area contributed by atoms with E-state index in [9.17, 15) is 0 Å². The van der Waals surface area contributed by atoms with Crippen LogP contribution in [0.4, 0.5) is 0 Å². The number of aryl methyl sites for hydroxylation is 1. The number of para-hydroxylation sites is 1. The van der Waals surface area contributed by atoms with E-state index in [2.05, 4.69) is 6.07 Å². The van der Waals surface area contributed by atoms with Gasteiger partial charge in [-0.1, -0.05) is 12.1 Å². The lowest BCUT2D eigenvalue weighted by Gasteiger charge is -2.17. The summed E-state index contributed by atoms with van der Waals surface area (Å²) in [6.45, 7) is 2.13. The van der Waals surface area contributed by atoms with Gasteiger partial charge >= 0.3 is 0 Å². The number of hydrogen-bond donors (Lipinski definition) is 1. The Morgan fingerprint density at radius 1 is 1.44 bits per heavy atom. The molecule has 1 atom stereocenters. The van der Waals surface area contributed by atoms with Crippen LogP contribution in [0.2, 0.25) is 0 Å². The Bertz CT molecular complexity index is 375. The average Bonchev–Trinajstić information content (AvgIpc) is 2.89. The first-order chi connectivity index (χ1) is 8.85. The van der Waals surface area contributed by atoms with Gasteiger partial charge in [0.25, 0.3) is 0 Å². The molecule has 1 aromatic rings. The second kappa shape index (κ2) is 6.61. The largest absolute Gasteiger partial charge is 0.493 e. The van der Waals surface area contributed by atoms with Gasteiger partial charge in [0, 0.05) is 6.42 Å². The quantitative estimate of drug-likeness (QED) is 0.837. The Kier molecular flexibility index (Phi) is 4.84. The number of rotatable bonds is 6. The smallest absolute Gasteiger partial charge is 0.163 e. The molecular formula is C14H21NO3. The molecule has 0 amide bonds. The lowest BCUT2D eigenvalue weighted by Crippen LogP contribution is -2.16. The second-order valence-electron chi connectivity index (χ2n) is 4.44. The molecular weight excluding hydrogens is 230 g/mol. The summed E-state index contributed by atoms with van der Waals surface area (Å²) < 4.78 is 16.7. The molecule has 4 heteroatoms. The Morgan fingerprint density at radius 2 is 2.33 bits per heavy atom. The van der Waals surface area contributed by atoms with Crippen molar-refractivity contribution in [1.29, 1.82) is 0 Å². The normalized spacial score (nSPS) is 18.9. The van der Waals surface area contributed by atoms with Crippen LogP contribution in [0.5, 0.6) is 11.5 Å². The topological polar surface area (TPSA) is 53.7 Å². The van der Waals surface area contributed by atoms with Crippen LogP contribution in [-0.2, 0) is 11.2 Å². The van der Waals surface area contributed by atoms with Crippen LogP contribution < -0.4 is 15.2 Å². The van der Waals surface area contributed by atoms with Gasteiger partial charge in [0.2, 0.25) is 0 Å². The van der Waals surface area contributed by atoms with Crippen LogP contribution in [0, 0.1) is 0 Å². The van der Waals surface area contributed by atoms with Crippen molar-refractivity contribution < 1.29 is 14.2 Å². The standard InChI is InChI=1S/C14H21NO3/c1-16-14-11(5-3-8-15)4-2-6-13(14)18-12-7-9-17-10-12/h2,4,6,12H,3,5,7-10,15H2,1H3. The van der Waals surface area contributed by atoms with E-state index >= 15 is 0 Å². The van der Waals surface area contributed by atoms with Gasteiger partial charge in [-0.3, -0.25) is 0 Å². The molecule has 1 unspecified atom stereocenters. The monoisotopic (exact) mass is 251 g/mol. The molecule has 100 valence electrons. The first-order valence-corrected chi connectivity index (χ1v) is 6.45.